The second kappa shape index (κ2) is 5.64. The van der Waals surface area contributed by atoms with Crippen LogP contribution in [-0.4, -0.2) is 16.1 Å². The van der Waals surface area contributed by atoms with Crippen molar-refractivity contribution in [2.75, 3.05) is 0 Å². The third kappa shape index (κ3) is 3.07. The molecule has 0 atom stereocenters. The molecule has 0 unspecified atom stereocenters. The number of nitrogens with zero attached hydrogens (tertiary/aromatic N) is 1. The van der Waals surface area contributed by atoms with E-state index in [1.165, 1.54) is 5.56 Å². The van der Waals surface area contributed by atoms with E-state index in [4.69, 9.17) is 0 Å². The Bertz CT molecular complexity index is 568. The largest absolute Gasteiger partial charge is 0.348 e. The molecule has 0 saturated heterocycles. The first kappa shape index (κ1) is 12.6. The molecule has 0 saturated carbocycles. The van der Waals surface area contributed by atoms with Crippen LogP contribution in [0, 0.1) is 13.8 Å². The fourth-order valence-electron chi connectivity index (χ4n) is 1.50. The Kier molecular flexibility index (Phi) is 3.94. The van der Waals surface area contributed by atoms with Crippen LogP contribution < -0.4 is 5.32 Å². The van der Waals surface area contributed by atoms with Crippen molar-refractivity contribution in [3.63, 3.8) is 0 Å². The van der Waals surface area contributed by atoms with Gasteiger partial charge in [-0.15, -0.1) is 11.3 Å². The van der Waals surface area contributed by atoms with E-state index >= 15 is 0 Å². The molecule has 0 bridgehead atoms. The van der Waals surface area contributed by atoms with E-state index in [1.807, 2.05) is 31.4 Å². The minimum absolute atomic E-state index is 0.0941. The first-order valence-corrected chi connectivity index (χ1v) is 6.53. The van der Waals surface area contributed by atoms with Gasteiger partial charge in [0.1, 0.15) is 0 Å². The van der Waals surface area contributed by atoms with E-state index in [1.54, 1.807) is 23.6 Å². The number of thiophene rings is 1. The number of carbonyl (C=O) groups excluding carboxylic acids is 1. The molecule has 0 radical (unpaired) electrons. The van der Waals surface area contributed by atoms with Crippen molar-refractivity contribution in [2.24, 2.45) is 0 Å². The van der Waals surface area contributed by atoms with Crippen LogP contribution in [0.25, 0.3) is 6.08 Å². The molecule has 1 amide bonds. The van der Waals surface area contributed by atoms with E-state index in [9.17, 15) is 4.79 Å². The number of aromatic nitrogens is 2. The molecule has 5 heteroatoms. The van der Waals surface area contributed by atoms with Crippen LogP contribution in [0.5, 0.6) is 0 Å². The zero-order valence-electron chi connectivity index (χ0n) is 10.4. The van der Waals surface area contributed by atoms with Gasteiger partial charge >= 0.3 is 0 Å². The number of rotatable bonds is 4. The van der Waals surface area contributed by atoms with Gasteiger partial charge in [-0.1, -0.05) is 0 Å². The fraction of sp³-hybridized carbons (Fsp3) is 0.231. The van der Waals surface area contributed by atoms with E-state index in [-0.39, 0.29) is 5.91 Å². The van der Waals surface area contributed by atoms with Crippen LogP contribution >= 0.6 is 11.3 Å². The Morgan fingerprint density at radius 1 is 1.56 bits per heavy atom. The van der Waals surface area contributed by atoms with Crippen LogP contribution in [0.4, 0.5) is 0 Å². The number of hydrogen-bond acceptors (Lipinski definition) is 3. The topological polar surface area (TPSA) is 57.8 Å². The molecule has 2 rings (SSSR count). The van der Waals surface area contributed by atoms with Crippen LogP contribution in [0.2, 0.25) is 0 Å². The highest BCUT2D eigenvalue weighted by molar-refractivity contribution is 7.11. The van der Waals surface area contributed by atoms with Gasteiger partial charge in [0.05, 0.1) is 6.20 Å². The zero-order valence-corrected chi connectivity index (χ0v) is 11.2. The lowest BCUT2D eigenvalue weighted by Crippen LogP contribution is -2.20. The van der Waals surface area contributed by atoms with E-state index < -0.39 is 0 Å². The minimum atomic E-state index is -0.0941. The average molecular weight is 261 g/mol. The van der Waals surface area contributed by atoms with Crippen molar-refractivity contribution >= 4 is 23.3 Å². The molecule has 94 valence electrons. The van der Waals surface area contributed by atoms with Crippen LogP contribution in [0.1, 0.15) is 21.7 Å². The quantitative estimate of drug-likeness (QED) is 0.830. The normalized spacial score (nSPS) is 11.0. The maximum Gasteiger partial charge on any atom is 0.244 e. The van der Waals surface area contributed by atoms with Crippen molar-refractivity contribution in [1.29, 1.82) is 0 Å². The Morgan fingerprint density at radius 3 is 3.00 bits per heavy atom. The van der Waals surface area contributed by atoms with Crippen molar-refractivity contribution < 1.29 is 4.79 Å². The average Bonchev–Trinajstić information content (AvgIpc) is 2.93. The lowest BCUT2D eigenvalue weighted by molar-refractivity contribution is -0.116. The monoisotopic (exact) mass is 261 g/mol. The maximum absolute atomic E-state index is 11.6. The highest BCUT2D eigenvalue weighted by atomic mass is 32.1. The number of carbonyl (C=O) groups is 1. The Hall–Kier alpha value is -1.88. The van der Waals surface area contributed by atoms with Crippen LogP contribution in [-0.2, 0) is 11.3 Å². The summed E-state index contributed by atoms with van der Waals surface area (Å²) in [7, 11) is 0. The third-order valence-electron chi connectivity index (χ3n) is 2.68. The summed E-state index contributed by atoms with van der Waals surface area (Å²) >= 11 is 1.63. The maximum atomic E-state index is 11.6. The molecule has 2 aromatic rings. The predicted molar refractivity (Wildman–Crippen MR) is 73.3 cm³/mol. The van der Waals surface area contributed by atoms with Gasteiger partial charge < -0.3 is 5.32 Å². The summed E-state index contributed by atoms with van der Waals surface area (Å²) in [5, 5.41) is 11.6. The highest BCUT2D eigenvalue weighted by Crippen LogP contribution is 2.16. The van der Waals surface area contributed by atoms with Crippen molar-refractivity contribution in [2.45, 2.75) is 20.4 Å². The second-order valence-corrected chi connectivity index (χ2v) is 4.99. The molecule has 18 heavy (non-hydrogen) atoms. The second-order valence-electron chi connectivity index (χ2n) is 4.04. The number of nitrogens with one attached hydrogen (secondary N) is 2. The number of aromatic amines is 1. The first-order chi connectivity index (χ1) is 8.66. The molecular weight excluding hydrogens is 246 g/mol. The lowest BCUT2D eigenvalue weighted by atomic mass is 10.2. The van der Waals surface area contributed by atoms with Gasteiger partial charge in [-0.05, 0) is 36.9 Å². The molecule has 0 aliphatic carbocycles. The Morgan fingerprint density at radius 2 is 2.39 bits per heavy atom. The SMILES string of the molecule is Cc1ccsc1/C=C/C(=O)NCc1cn[nH]c1C. The summed E-state index contributed by atoms with van der Waals surface area (Å²) < 4.78 is 0. The number of hydrogen-bond donors (Lipinski definition) is 2. The van der Waals surface area contributed by atoms with Gasteiger partial charge in [-0.3, -0.25) is 9.89 Å². The van der Waals surface area contributed by atoms with Gasteiger partial charge in [0, 0.05) is 28.8 Å². The van der Waals surface area contributed by atoms with Crippen molar-refractivity contribution in [3.05, 3.63) is 45.4 Å². The smallest absolute Gasteiger partial charge is 0.244 e. The molecule has 0 fully saturated rings. The molecule has 2 heterocycles. The lowest BCUT2D eigenvalue weighted by Gasteiger charge is -2.00. The molecule has 0 aliphatic rings. The van der Waals surface area contributed by atoms with Gasteiger partial charge in [-0.25, -0.2) is 0 Å². The summed E-state index contributed by atoms with van der Waals surface area (Å²) in [6, 6.07) is 2.04. The van der Waals surface area contributed by atoms with Crippen molar-refractivity contribution in [3.8, 4) is 0 Å². The Balaban J connectivity index is 1.88. The molecule has 0 spiro atoms. The van der Waals surface area contributed by atoms with Gasteiger partial charge in [-0.2, -0.15) is 5.10 Å². The van der Waals surface area contributed by atoms with E-state index in [2.05, 4.69) is 15.5 Å². The summed E-state index contributed by atoms with van der Waals surface area (Å²) in [4.78, 5) is 12.7. The molecular formula is C13H15N3OS. The Labute approximate surface area is 110 Å². The van der Waals surface area contributed by atoms with Crippen molar-refractivity contribution in [1.82, 2.24) is 15.5 Å². The van der Waals surface area contributed by atoms with Gasteiger partial charge in [0.15, 0.2) is 0 Å². The molecule has 2 aromatic heterocycles. The summed E-state index contributed by atoms with van der Waals surface area (Å²) in [6.07, 6.45) is 5.13. The number of amides is 1. The zero-order chi connectivity index (χ0) is 13.0. The van der Waals surface area contributed by atoms with E-state index in [0.717, 1.165) is 16.1 Å². The summed E-state index contributed by atoms with van der Waals surface area (Å²) in [5.41, 5.74) is 3.17. The summed E-state index contributed by atoms with van der Waals surface area (Å²) in [6.45, 7) is 4.46. The molecule has 2 N–H and O–H groups in total. The highest BCUT2D eigenvalue weighted by Gasteiger charge is 2.02. The molecule has 0 aromatic carbocycles. The number of aryl methyl sites for hydroxylation is 2. The predicted octanol–water partition coefficient (Wildman–Crippen LogP) is 2.42. The van der Waals surface area contributed by atoms with Gasteiger partial charge in [0.2, 0.25) is 5.91 Å². The van der Waals surface area contributed by atoms with Crippen LogP contribution in [0.3, 0.4) is 0 Å². The standard InChI is InChI=1S/C13H15N3OS/c1-9-5-6-18-12(9)3-4-13(17)14-7-11-8-15-16-10(11)2/h3-6,8H,7H2,1-2H3,(H,14,17)(H,15,16)/b4-3+. The fourth-order valence-corrected chi connectivity index (χ4v) is 2.32. The molecule has 4 nitrogen and oxygen atoms in total. The minimum Gasteiger partial charge on any atom is -0.348 e. The summed E-state index contributed by atoms with van der Waals surface area (Å²) in [5.74, 6) is -0.0941. The number of H-pyrrole nitrogens is 1. The van der Waals surface area contributed by atoms with Crippen LogP contribution in [0.15, 0.2) is 23.7 Å². The third-order valence-corrected chi connectivity index (χ3v) is 3.66. The molecule has 0 aliphatic heterocycles. The van der Waals surface area contributed by atoms with E-state index in [0.29, 0.717) is 6.54 Å². The first-order valence-electron chi connectivity index (χ1n) is 5.65. The van der Waals surface area contributed by atoms with Gasteiger partial charge in [0.25, 0.3) is 0 Å².